The number of carbonyl (C=O) groups is 1. The van der Waals surface area contributed by atoms with E-state index in [1.807, 2.05) is 0 Å². The molecule has 1 aliphatic heterocycles. The predicted octanol–water partition coefficient (Wildman–Crippen LogP) is 7.22. The zero-order chi connectivity index (χ0) is 27.8. The Labute approximate surface area is 228 Å². The van der Waals surface area contributed by atoms with E-state index in [9.17, 15) is 4.79 Å². The molecule has 7 nitrogen and oxygen atoms in total. The maximum Gasteiger partial charge on any atom is 0.329 e. The summed E-state index contributed by atoms with van der Waals surface area (Å²) in [6, 6.07) is 2.67. The van der Waals surface area contributed by atoms with Crippen molar-refractivity contribution < 1.29 is 23.0 Å². The van der Waals surface area contributed by atoms with Gasteiger partial charge in [-0.3, -0.25) is 9.80 Å². The average Bonchev–Trinajstić information content (AvgIpc) is 3.26. The van der Waals surface area contributed by atoms with Gasteiger partial charge in [0, 0.05) is 36.0 Å². The summed E-state index contributed by atoms with van der Waals surface area (Å²) in [4.78, 5) is 24.1. The number of pyridine rings is 1. The van der Waals surface area contributed by atoms with Crippen LogP contribution in [0.2, 0.25) is 0 Å². The van der Waals surface area contributed by atoms with E-state index in [0.717, 1.165) is 40.3 Å². The van der Waals surface area contributed by atoms with Crippen molar-refractivity contribution in [3.63, 3.8) is 0 Å². The summed E-state index contributed by atoms with van der Waals surface area (Å²) in [6.07, 6.45) is 10.2. The summed E-state index contributed by atoms with van der Waals surface area (Å²) in [5.41, 5.74) is 2.71. The number of halogens is 2. The van der Waals surface area contributed by atoms with Gasteiger partial charge in [-0.05, 0) is 49.5 Å². The molecule has 3 atom stereocenters. The Bertz CT molecular complexity index is 1350. The Morgan fingerprint density at radius 3 is 2.41 bits per heavy atom. The number of rotatable bonds is 7. The first-order valence-electron chi connectivity index (χ1n) is 13.9. The number of aromatic amines is 1. The SMILES string of the molecule is CCCC1CCC(Cc2cc3c4c(cnc3[nH]2)CN(c2c(F)c(OC)cc(OC)c2F)C(=O)N4C)CCC1C. The Balaban J connectivity index is 1.45. The molecule has 2 amide bonds. The molecule has 210 valence electrons. The second-order valence-electron chi connectivity index (χ2n) is 11.1. The van der Waals surface area contributed by atoms with Crippen LogP contribution >= 0.6 is 0 Å². The lowest BCUT2D eigenvalue weighted by atomic mass is 9.86. The van der Waals surface area contributed by atoms with Crippen LogP contribution in [0.25, 0.3) is 11.0 Å². The number of hydrogen-bond acceptors (Lipinski definition) is 4. The number of aromatic nitrogens is 2. The third-order valence-electron chi connectivity index (χ3n) is 8.71. The topological polar surface area (TPSA) is 70.7 Å². The molecular formula is C30H38F2N4O3. The summed E-state index contributed by atoms with van der Waals surface area (Å²) in [5, 5.41) is 0.841. The van der Waals surface area contributed by atoms with Crippen molar-refractivity contribution in [3.05, 3.63) is 41.2 Å². The third-order valence-corrected chi connectivity index (χ3v) is 8.71. The molecule has 3 heterocycles. The van der Waals surface area contributed by atoms with Crippen molar-refractivity contribution in [2.45, 2.75) is 65.3 Å². The molecule has 1 aromatic carbocycles. The van der Waals surface area contributed by atoms with Gasteiger partial charge in [0.2, 0.25) is 0 Å². The summed E-state index contributed by atoms with van der Waals surface area (Å²) in [6.45, 7) is 4.64. The summed E-state index contributed by atoms with van der Waals surface area (Å²) in [5.74, 6) is -0.131. The van der Waals surface area contributed by atoms with Crippen molar-refractivity contribution in [2.75, 3.05) is 31.1 Å². The van der Waals surface area contributed by atoms with Crippen LogP contribution in [0.1, 0.15) is 63.6 Å². The van der Waals surface area contributed by atoms with Crippen LogP contribution in [0.5, 0.6) is 11.5 Å². The maximum atomic E-state index is 15.3. The molecule has 0 saturated heterocycles. The first kappa shape index (κ1) is 27.2. The molecule has 39 heavy (non-hydrogen) atoms. The van der Waals surface area contributed by atoms with Gasteiger partial charge in [0.05, 0.1) is 26.5 Å². The van der Waals surface area contributed by atoms with Crippen LogP contribution in [0.3, 0.4) is 0 Å². The number of urea groups is 1. The number of hydrogen-bond donors (Lipinski definition) is 1. The van der Waals surface area contributed by atoms with Gasteiger partial charge in [-0.15, -0.1) is 0 Å². The first-order valence-corrected chi connectivity index (χ1v) is 13.9. The van der Waals surface area contributed by atoms with Crippen LogP contribution in [-0.4, -0.2) is 37.3 Å². The van der Waals surface area contributed by atoms with Crippen molar-refractivity contribution in [1.82, 2.24) is 9.97 Å². The fourth-order valence-corrected chi connectivity index (χ4v) is 6.51. The van der Waals surface area contributed by atoms with Gasteiger partial charge in [0.1, 0.15) is 11.3 Å². The smallest absolute Gasteiger partial charge is 0.329 e. The minimum atomic E-state index is -0.960. The molecule has 3 aromatic rings. The third kappa shape index (κ3) is 4.92. The highest BCUT2D eigenvalue weighted by Gasteiger charge is 2.36. The molecule has 0 radical (unpaired) electrons. The van der Waals surface area contributed by atoms with Crippen LogP contribution < -0.4 is 19.3 Å². The quantitative estimate of drug-likeness (QED) is 0.321. The Morgan fingerprint density at radius 1 is 1.05 bits per heavy atom. The maximum absolute atomic E-state index is 15.3. The summed E-state index contributed by atoms with van der Waals surface area (Å²) >= 11 is 0. The molecule has 2 aromatic heterocycles. The van der Waals surface area contributed by atoms with E-state index >= 15 is 8.78 Å². The van der Waals surface area contributed by atoms with Crippen LogP contribution in [0.15, 0.2) is 18.3 Å². The van der Waals surface area contributed by atoms with E-state index in [4.69, 9.17) is 9.47 Å². The van der Waals surface area contributed by atoms with Gasteiger partial charge in [0.15, 0.2) is 23.1 Å². The standard InChI is InChI=1S/C30H38F2N4O3/c1-6-7-19-11-10-18(9-8-17(19)2)12-21-13-22-27-20(15-33-29(22)34-21)16-36(30(37)35(27)3)28-25(31)23(38-4)14-24(39-5)26(28)32/h13-15,17-19H,6-12,16H2,1-5H3,(H,33,34). The van der Waals surface area contributed by atoms with Crippen LogP contribution in [-0.2, 0) is 13.0 Å². The average molecular weight is 541 g/mol. The van der Waals surface area contributed by atoms with Gasteiger partial charge in [-0.2, -0.15) is 0 Å². The second kappa shape index (κ2) is 11.0. The summed E-state index contributed by atoms with van der Waals surface area (Å²) < 4.78 is 40.7. The fraction of sp³-hybridized carbons (Fsp3) is 0.533. The fourth-order valence-electron chi connectivity index (χ4n) is 6.51. The number of methoxy groups -OCH3 is 2. The highest BCUT2D eigenvalue weighted by Crippen LogP contribution is 2.42. The number of carbonyl (C=O) groups excluding carboxylic acids is 1. The van der Waals surface area contributed by atoms with Crippen LogP contribution in [0.4, 0.5) is 25.0 Å². The van der Waals surface area contributed by atoms with E-state index in [-0.39, 0.29) is 18.0 Å². The van der Waals surface area contributed by atoms with Crippen molar-refractivity contribution in [2.24, 2.45) is 17.8 Å². The minimum absolute atomic E-state index is 0.0363. The second-order valence-corrected chi connectivity index (χ2v) is 11.1. The number of amides is 2. The molecule has 0 bridgehead atoms. The lowest BCUT2D eigenvalue weighted by Gasteiger charge is -2.35. The molecule has 1 fully saturated rings. The predicted molar refractivity (Wildman–Crippen MR) is 149 cm³/mol. The van der Waals surface area contributed by atoms with E-state index in [1.165, 1.54) is 57.6 Å². The molecule has 5 rings (SSSR count). The lowest BCUT2D eigenvalue weighted by molar-refractivity contribution is 0.250. The number of anilines is 2. The molecule has 1 saturated carbocycles. The number of nitrogens with zero attached hydrogens (tertiary/aromatic N) is 3. The molecule has 2 aliphatic rings. The monoisotopic (exact) mass is 540 g/mol. The number of fused-ring (bicyclic) bond motifs is 3. The summed E-state index contributed by atoms with van der Waals surface area (Å²) in [7, 11) is 4.18. The molecule has 0 spiro atoms. The van der Waals surface area contributed by atoms with E-state index in [1.54, 1.807) is 13.2 Å². The number of nitrogens with one attached hydrogen (secondary N) is 1. The minimum Gasteiger partial charge on any atom is -0.493 e. The normalized spacial score (nSPS) is 21.7. The van der Waals surface area contributed by atoms with Gasteiger partial charge in [0.25, 0.3) is 0 Å². The molecule has 3 unspecified atom stereocenters. The van der Waals surface area contributed by atoms with Crippen LogP contribution in [0, 0.1) is 29.4 Å². The molecule has 1 N–H and O–H groups in total. The molecular weight excluding hydrogens is 502 g/mol. The Morgan fingerprint density at radius 2 is 1.74 bits per heavy atom. The van der Waals surface area contributed by atoms with Crippen molar-refractivity contribution in [3.8, 4) is 11.5 Å². The lowest BCUT2D eigenvalue weighted by Crippen LogP contribution is -2.46. The molecule has 1 aliphatic carbocycles. The number of ether oxygens (including phenoxy) is 2. The molecule has 9 heteroatoms. The highest BCUT2D eigenvalue weighted by molar-refractivity contribution is 6.11. The Kier molecular flexibility index (Phi) is 7.69. The first-order chi connectivity index (χ1) is 18.8. The van der Waals surface area contributed by atoms with E-state index in [0.29, 0.717) is 22.8 Å². The number of benzene rings is 1. The van der Waals surface area contributed by atoms with Gasteiger partial charge in [-0.1, -0.05) is 33.1 Å². The largest absolute Gasteiger partial charge is 0.493 e. The van der Waals surface area contributed by atoms with Crippen molar-refractivity contribution in [1.29, 1.82) is 0 Å². The van der Waals surface area contributed by atoms with E-state index < -0.39 is 23.4 Å². The van der Waals surface area contributed by atoms with E-state index in [2.05, 4.69) is 29.9 Å². The number of H-pyrrole nitrogens is 1. The zero-order valence-corrected chi connectivity index (χ0v) is 23.4. The zero-order valence-electron chi connectivity index (χ0n) is 23.4. The van der Waals surface area contributed by atoms with Gasteiger partial charge < -0.3 is 14.5 Å². The highest BCUT2D eigenvalue weighted by atomic mass is 19.1. The van der Waals surface area contributed by atoms with Gasteiger partial charge >= 0.3 is 6.03 Å². The van der Waals surface area contributed by atoms with Crippen molar-refractivity contribution >= 4 is 28.4 Å². The Hall–Kier alpha value is -3.36. The van der Waals surface area contributed by atoms with Gasteiger partial charge in [-0.25, -0.2) is 18.6 Å².